The maximum Gasteiger partial charge on any atom is 0.239 e. The van der Waals surface area contributed by atoms with Gasteiger partial charge in [-0.2, -0.15) is 0 Å². The van der Waals surface area contributed by atoms with E-state index in [2.05, 4.69) is 20.5 Å². The predicted octanol–water partition coefficient (Wildman–Crippen LogP) is 3.78. The molecule has 27 heavy (non-hydrogen) atoms. The number of methoxy groups -OCH3 is 2. The van der Waals surface area contributed by atoms with Crippen LogP contribution >= 0.6 is 34.9 Å². The summed E-state index contributed by atoms with van der Waals surface area (Å²) in [6.07, 6.45) is 0.716. The van der Waals surface area contributed by atoms with Crippen LogP contribution in [0, 0.1) is 0 Å². The second-order valence-corrected chi connectivity index (χ2v) is 8.99. The van der Waals surface area contributed by atoms with Crippen molar-refractivity contribution in [3.63, 3.8) is 0 Å². The normalized spacial score (nSPS) is 14.6. The van der Waals surface area contributed by atoms with Gasteiger partial charge in [-0.3, -0.25) is 15.1 Å². The fourth-order valence-electron chi connectivity index (χ4n) is 2.37. The summed E-state index contributed by atoms with van der Waals surface area (Å²) in [5.41, 5.74) is 0.800. The number of nitrogens with zero attached hydrogens (tertiary/aromatic N) is 3. The molecule has 1 amide bonds. The molecule has 7 nitrogen and oxygen atoms in total. The summed E-state index contributed by atoms with van der Waals surface area (Å²) < 4.78 is 11.6. The Bertz CT molecular complexity index is 841. The Labute approximate surface area is 170 Å². The molecule has 1 unspecified atom stereocenters. The molecule has 3 rings (SSSR count). The van der Waals surface area contributed by atoms with Gasteiger partial charge in [-0.25, -0.2) is 0 Å². The molecule has 1 aromatic carbocycles. The molecule has 1 atom stereocenters. The Morgan fingerprint density at radius 3 is 2.85 bits per heavy atom. The summed E-state index contributed by atoms with van der Waals surface area (Å²) >= 11 is 4.53. The van der Waals surface area contributed by atoms with Crippen LogP contribution in [0.2, 0.25) is 0 Å². The van der Waals surface area contributed by atoms with Gasteiger partial charge in [0.05, 0.1) is 31.6 Å². The molecule has 1 N–H and O–H groups in total. The van der Waals surface area contributed by atoms with Gasteiger partial charge < -0.3 is 9.47 Å². The predicted molar refractivity (Wildman–Crippen MR) is 114 cm³/mol. The first-order chi connectivity index (χ1) is 13.1. The van der Waals surface area contributed by atoms with Gasteiger partial charge in [0.25, 0.3) is 0 Å². The van der Waals surface area contributed by atoms with Gasteiger partial charge >= 0.3 is 0 Å². The summed E-state index contributed by atoms with van der Waals surface area (Å²) in [7, 11) is 3.19. The van der Waals surface area contributed by atoms with Gasteiger partial charge in [0.15, 0.2) is 5.01 Å². The van der Waals surface area contributed by atoms with Crippen LogP contribution in [-0.2, 0) is 4.79 Å². The second kappa shape index (κ2) is 9.43. The molecular formula is C17H20N4O3S3. The van der Waals surface area contributed by atoms with E-state index in [1.54, 1.807) is 32.0 Å². The SMILES string of the molecule is CCC(SC1=NCCS1)C(=O)Nc1nnc(-c2ccc(OC)cc2OC)s1. The van der Waals surface area contributed by atoms with Gasteiger partial charge in [0, 0.05) is 11.8 Å². The molecule has 1 aliphatic rings. The van der Waals surface area contributed by atoms with E-state index in [0.717, 1.165) is 22.2 Å². The summed E-state index contributed by atoms with van der Waals surface area (Å²) in [5, 5.41) is 12.1. The lowest BCUT2D eigenvalue weighted by Gasteiger charge is -2.12. The van der Waals surface area contributed by atoms with Crippen molar-refractivity contribution < 1.29 is 14.3 Å². The molecule has 0 spiro atoms. The number of carbonyl (C=O) groups is 1. The van der Waals surface area contributed by atoms with Crippen molar-refractivity contribution in [3.05, 3.63) is 18.2 Å². The lowest BCUT2D eigenvalue weighted by Crippen LogP contribution is -2.25. The number of ether oxygens (including phenoxy) is 2. The van der Waals surface area contributed by atoms with Crippen molar-refractivity contribution >= 4 is 50.3 Å². The molecule has 0 saturated carbocycles. The minimum atomic E-state index is -0.197. The highest BCUT2D eigenvalue weighted by Crippen LogP contribution is 2.36. The Hall–Kier alpha value is -1.78. The summed E-state index contributed by atoms with van der Waals surface area (Å²) in [5.74, 6) is 2.25. The Morgan fingerprint density at radius 1 is 1.33 bits per heavy atom. The van der Waals surface area contributed by atoms with Crippen LogP contribution in [0.4, 0.5) is 5.13 Å². The smallest absolute Gasteiger partial charge is 0.239 e. The molecule has 0 fully saturated rings. The van der Waals surface area contributed by atoms with Crippen molar-refractivity contribution in [1.82, 2.24) is 10.2 Å². The van der Waals surface area contributed by atoms with Gasteiger partial charge in [-0.1, -0.05) is 41.8 Å². The van der Waals surface area contributed by atoms with Crippen LogP contribution < -0.4 is 14.8 Å². The third kappa shape index (κ3) is 4.94. The summed E-state index contributed by atoms with van der Waals surface area (Å²) in [6, 6.07) is 5.49. The number of aliphatic imine (C=N–C) groups is 1. The molecule has 1 aliphatic heterocycles. The van der Waals surface area contributed by atoms with E-state index in [0.29, 0.717) is 28.1 Å². The number of benzene rings is 1. The van der Waals surface area contributed by atoms with Gasteiger partial charge in [0.1, 0.15) is 15.9 Å². The number of nitrogens with one attached hydrogen (secondary N) is 1. The van der Waals surface area contributed by atoms with Crippen LogP contribution in [0.5, 0.6) is 11.5 Å². The van der Waals surface area contributed by atoms with E-state index in [1.165, 1.54) is 23.1 Å². The largest absolute Gasteiger partial charge is 0.497 e. The zero-order valence-corrected chi connectivity index (χ0v) is 17.7. The average molecular weight is 425 g/mol. The molecule has 144 valence electrons. The Kier molecular flexibility index (Phi) is 6.97. The van der Waals surface area contributed by atoms with Crippen LogP contribution in [0.3, 0.4) is 0 Å². The van der Waals surface area contributed by atoms with Gasteiger partial charge in [0.2, 0.25) is 11.0 Å². The quantitative estimate of drug-likeness (QED) is 0.724. The number of thioether (sulfide) groups is 2. The zero-order valence-electron chi connectivity index (χ0n) is 15.2. The van der Waals surface area contributed by atoms with Crippen molar-refractivity contribution in [2.75, 3.05) is 31.8 Å². The fraction of sp³-hybridized carbons (Fsp3) is 0.412. The summed E-state index contributed by atoms with van der Waals surface area (Å²) in [6.45, 7) is 2.82. The Balaban J connectivity index is 1.71. The second-order valence-electron chi connectivity index (χ2n) is 5.48. The van der Waals surface area contributed by atoms with Gasteiger partial charge in [-0.05, 0) is 18.6 Å². The highest BCUT2D eigenvalue weighted by atomic mass is 32.2. The number of aromatic nitrogens is 2. The van der Waals surface area contributed by atoms with Crippen LogP contribution in [0.1, 0.15) is 13.3 Å². The first-order valence-corrected chi connectivity index (χ1v) is 11.0. The average Bonchev–Trinajstić information content (AvgIpc) is 3.37. The van der Waals surface area contributed by atoms with E-state index >= 15 is 0 Å². The lowest BCUT2D eigenvalue weighted by atomic mass is 10.2. The van der Waals surface area contributed by atoms with E-state index in [9.17, 15) is 4.79 Å². The van der Waals surface area contributed by atoms with E-state index < -0.39 is 0 Å². The fourth-order valence-corrected chi connectivity index (χ4v) is 5.30. The van der Waals surface area contributed by atoms with E-state index in [4.69, 9.17) is 9.47 Å². The number of rotatable bonds is 7. The standard InChI is InChI=1S/C17H20N4O3S3/c1-4-13(26-17-18-7-8-25-17)14(22)19-16-21-20-15(27-16)11-6-5-10(23-2)9-12(11)24-3/h5-6,9,13H,4,7-8H2,1-3H3,(H,19,21,22). The van der Waals surface area contributed by atoms with Crippen LogP contribution in [-0.4, -0.2) is 52.2 Å². The third-order valence-electron chi connectivity index (χ3n) is 3.76. The van der Waals surface area contributed by atoms with E-state index in [-0.39, 0.29) is 11.2 Å². The number of amides is 1. The first-order valence-electron chi connectivity index (χ1n) is 8.35. The number of carbonyl (C=O) groups excluding carboxylic acids is 1. The third-order valence-corrected chi connectivity index (χ3v) is 7.20. The van der Waals surface area contributed by atoms with E-state index in [1.807, 2.05) is 19.1 Å². The maximum absolute atomic E-state index is 12.6. The van der Waals surface area contributed by atoms with Crippen LogP contribution in [0.15, 0.2) is 23.2 Å². The molecule has 2 heterocycles. The topological polar surface area (TPSA) is 85.7 Å². The molecule has 0 radical (unpaired) electrons. The highest BCUT2D eigenvalue weighted by molar-refractivity contribution is 8.39. The minimum absolute atomic E-state index is 0.0814. The summed E-state index contributed by atoms with van der Waals surface area (Å²) in [4.78, 5) is 17.0. The van der Waals surface area contributed by atoms with Crippen LogP contribution in [0.25, 0.3) is 10.6 Å². The highest BCUT2D eigenvalue weighted by Gasteiger charge is 2.23. The molecule has 0 saturated heterocycles. The van der Waals surface area contributed by atoms with Crippen molar-refractivity contribution in [2.24, 2.45) is 4.99 Å². The monoisotopic (exact) mass is 424 g/mol. The number of hydrogen-bond acceptors (Lipinski definition) is 9. The first kappa shape index (κ1) is 20.0. The molecule has 1 aromatic heterocycles. The number of anilines is 1. The minimum Gasteiger partial charge on any atom is -0.497 e. The lowest BCUT2D eigenvalue weighted by molar-refractivity contribution is -0.115. The van der Waals surface area contributed by atoms with Crippen molar-refractivity contribution in [3.8, 4) is 22.1 Å². The molecule has 2 aromatic rings. The van der Waals surface area contributed by atoms with Gasteiger partial charge in [-0.15, -0.1) is 10.2 Å². The molecule has 0 aliphatic carbocycles. The maximum atomic E-state index is 12.6. The molecule has 0 bridgehead atoms. The van der Waals surface area contributed by atoms with Crippen molar-refractivity contribution in [1.29, 1.82) is 0 Å². The van der Waals surface area contributed by atoms with Crippen molar-refractivity contribution in [2.45, 2.75) is 18.6 Å². The molecular weight excluding hydrogens is 404 g/mol. The number of hydrogen-bond donors (Lipinski definition) is 1. The zero-order chi connectivity index (χ0) is 19.2. The Morgan fingerprint density at radius 2 is 2.19 bits per heavy atom. The molecule has 10 heteroatoms.